The number of methoxy groups -OCH3 is 1. The number of halogens is 3. The third-order valence-electron chi connectivity index (χ3n) is 5.03. The van der Waals surface area contributed by atoms with Crippen LogP contribution in [0.5, 0.6) is 0 Å². The largest absolute Gasteiger partial charge is 0.418 e. The zero-order chi connectivity index (χ0) is 22.9. The highest BCUT2D eigenvalue weighted by Gasteiger charge is 2.33. The SMILES string of the molecule is COCc1nn2c(C)c(C(=O)Nc3ccccc3C(F)(F)F)cnc2c1-c1ccccc1. The lowest BCUT2D eigenvalue weighted by Crippen LogP contribution is -2.19. The van der Waals surface area contributed by atoms with Gasteiger partial charge in [0.1, 0.15) is 0 Å². The van der Waals surface area contributed by atoms with E-state index >= 15 is 0 Å². The normalized spacial score (nSPS) is 11.7. The number of amides is 1. The maximum absolute atomic E-state index is 13.3. The third-order valence-corrected chi connectivity index (χ3v) is 5.03. The second kappa shape index (κ2) is 8.43. The molecule has 2 aromatic carbocycles. The molecule has 0 saturated carbocycles. The smallest absolute Gasteiger partial charge is 0.378 e. The number of benzene rings is 2. The van der Waals surface area contributed by atoms with Crippen LogP contribution < -0.4 is 5.32 Å². The van der Waals surface area contributed by atoms with Gasteiger partial charge in [-0.15, -0.1) is 0 Å². The standard InChI is InChI=1S/C23H19F3N4O2/c1-14-16(22(31)28-18-11-7-6-10-17(18)23(24,25)26)12-27-21-20(15-8-4-3-5-9-15)19(13-32-2)29-30(14)21/h3-12H,13H2,1-2H3,(H,28,31). The minimum Gasteiger partial charge on any atom is -0.378 e. The van der Waals surface area contributed by atoms with E-state index in [9.17, 15) is 18.0 Å². The number of hydrogen-bond acceptors (Lipinski definition) is 4. The number of rotatable bonds is 5. The second-order valence-electron chi connectivity index (χ2n) is 7.11. The van der Waals surface area contributed by atoms with Gasteiger partial charge in [0.05, 0.1) is 40.4 Å². The second-order valence-corrected chi connectivity index (χ2v) is 7.11. The minimum atomic E-state index is -4.59. The first-order valence-corrected chi connectivity index (χ1v) is 9.70. The summed E-state index contributed by atoms with van der Waals surface area (Å²) in [5.74, 6) is -0.710. The van der Waals surface area contributed by atoms with Crippen molar-refractivity contribution < 1.29 is 22.7 Å². The molecule has 164 valence electrons. The van der Waals surface area contributed by atoms with Crippen molar-refractivity contribution in [2.45, 2.75) is 19.7 Å². The Morgan fingerprint density at radius 1 is 1.09 bits per heavy atom. The van der Waals surface area contributed by atoms with Crippen LogP contribution in [0.2, 0.25) is 0 Å². The van der Waals surface area contributed by atoms with E-state index in [1.807, 2.05) is 30.3 Å². The van der Waals surface area contributed by atoms with Gasteiger partial charge in [-0.1, -0.05) is 42.5 Å². The highest BCUT2D eigenvalue weighted by Crippen LogP contribution is 2.35. The van der Waals surface area contributed by atoms with E-state index in [1.165, 1.54) is 28.9 Å². The topological polar surface area (TPSA) is 68.5 Å². The van der Waals surface area contributed by atoms with Gasteiger partial charge in [-0.3, -0.25) is 4.79 Å². The molecule has 2 aromatic heterocycles. The predicted molar refractivity (Wildman–Crippen MR) is 113 cm³/mol. The van der Waals surface area contributed by atoms with Gasteiger partial charge in [-0.25, -0.2) is 9.50 Å². The Labute approximate surface area is 181 Å². The average molecular weight is 440 g/mol. The van der Waals surface area contributed by atoms with Gasteiger partial charge in [0.2, 0.25) is 0 Å². The summed E-state index contributed by atoms with van der Waals surface area (Å²) >= 11 is 0. The number of carbonyl (C=O) groups is 1. The maximum atomic E-state index is 13.3. The number of nitrogens with one attached hydrogen (secondary N) is 1. The summed E-state index contributed by atoms with van der Waals surface area (Å²) in [5, 5.41) is 6.91. The summed E-state index contributed by atoms with van der Waals surface area (Å²) < 4.78 is 46.6. The zero-order valence-corrected chi connectivity index (χ0v) is 17.3. The lowest BCUT2D eigenvalue weighted by atomic mass is 10.1. The van der Waals surface area contributed by atoms with Crippen molar-refractivity contribution in [1.29, 1.82) is 0 Å². The Kier molecular flexibility index (Phi) is 5.67. The highest BCUT2D eigenvalue weighted by atomic mass is 19.4. The molecule has 1 N–H and O–H groups in total. The van der Waals surface area contributed by atoms with E-state index in [4.69, 9.17) is 4.74 Å². The van der Waals surface area contributed by atoms with Gasteiger partial charge in [0.15, 0.2) is 5.65 Å². The lowest BCUT2D eigenvalue weighted by Gasteiger charge is -2.14. The Morgan fingerprint density at radius 2 is 1.78 bits per heavy atom. The molecule has 2 heterocycles. The van der Waals surface area contributed by atoms with Gasteiger partial charge in [-0.05, 0) is 24.6 Å². The number of aryl methyl sites for hydroxylation is 1. The zero-order valence-electron chi connectivity index (χ0n) is 17.3. The number of nitrogens with zero attached hydrogens (tertiary/aromatic N) is 3. The third kappa shape index (κ3) is 3.94. The molecule has 0 radical (unpaired) electrons. The van der Waals surface area contributed by atoms with Crippen LogP contribution in [0.15, 0.2) is 60.8 Å². The molecule has 0 aliphatic rings. The molecule has 0 aliphatic heterocycles. The van der Waals surface area contributed by atoms with Gasteiger partial charge in [-0.2, -0.15) is 18.3 Å². The number of alkyl halides is 3. The summed E-state index contributed by atoms with van der Waals surface area (Å²) in [5.41, 5.74) is 2.12. The number of para-hydroxylation sites is 1. The summed E-state index contributed by atoms with van der Waals surface area (Å²) in [7, 11) is 1.55. The van der Waals surface area contributed by atoms with Gasteiger partial charge in [0.25, 0.3) is 5.91 Å². The summed E-state index contributed by atoms with van der Waals surface area (Å²) in [6.07, 6.45) is -3.25. The van der Waals surface area contributed by atoms with Crippen LogP contribution in [0, 0.1) is 6.92 Å². The molecule has 32 heavy (non-hydrogen) atoms. The molecule has 1 amide bonds. The number of anilines is 1. The van der Waals surface area contributed by atoms with E-state index in [0.717, 1.165) is 17.2 Å². The molecule has 0 bridgehead atoms. The van der Waals surface area contributed by atoms with Crippen LogP contribution in [0.3, 0.4) is 0 Å². The summed E-state index contributed by atoms with van der Waals surface area (Å²) in [4.78, 5) is 17.3. The van der Waals surface area contributed by atoms with E-state index in [0.29, 0.717) is 17.0 Å². The molecule has 0 fully saturated rings. The molecule has 0 aliphatic carbocycles. The van der Waals surface area contributed by atoms with Gasteiger partial charge in [0, 0.05) is 13.3 Å². The summed E-state index contributed by atoms with van der Waals surface area (Å²) in [6, 6.07) is 14.3. The molecule has 4 rings (SSSR count). The molecule has 9 heteroatoms. The van der Waals surface area contributed by atoms with Gasteiger partial charge >= 0.3 is 6.18 Å². The van der Waals surface area contributed by atoms with Crippen molar-refractivity contribution in [3.8, 4) is 11.1 Å². The van der Waals surface area contributed by atoms with Crippen molar-refractivity contribution >= 4 is 17.2 Å². The number of aromatic nitrogens is 3. The quantitative estimate of drug-likeness (QED) is 0.468. The number of carbonyl (C=O) groups excluding carboxylic acids is 1. The molecular weight excluding hydrogens is 421 g/mol. The number of hydrogen-bond donors (Lipinski definition) is 1. The number of fused-ring (bicyclic) bond motifs is 1. The monoisotopic (exact) mass is 440 g/mol. The average Bonchev–Trinajstić information content (AvgIpc) is 3.13. The van der Waals surface area contributed by atoms with Crippen molar-refractivity contribution in [3.63, 3.8) is 0 Å². The van der Waals surface area contributed by atoms with E-state index in [1.54, 1.807) is 14.0 Å². The van der Waals surface area contributed by atoms with Crippen LogP contribution in [-0.2, 0) is 17.5 Å². The lowest BCUT2D eigenvalue weighted by molar-refractivity contribution is -0.136. The van der Waals surface area contributed by atoms with Crippen LogP contribution in [0.25, 0.3) is 16.8 Å². The fourth-order valence-corrected chi connectivity index (χ4v) is 3.53. The first-order chi connectivity index (χ1) is 15.3. The van der Waals surface area contributed by atoms with Crippen molar-refractivity contribution in [2.75, 3.05) is 12.4 Å². The van der Waals surface area contributed by atoms with Crippen molar-refractivity contribution in [2.24, 2.45) is 0 Å². The van der Waals surface area contributed by atoms with Crippen molar-refractivity contribution in [1.82, 2.24) is 14.6 Å². The van der Waals surface area contributed by atoms with Gasteiger partial charge < -0.3 is 10.1 Å². The first kappa shape index (κ1) is 21.5. The van der Waals surface area contributed by atoms with E-state index in [2.05, 4.69) is 15.4 Å². The molecule has 6 nitrogen and oxygen atoms in total. The summed E-state index contributed by atoms with van der Waals surface area (Å²) in [6.45, 7) is 1.89. The fraction of sp³-hybridized carbons (Fsp3) is 0.174. The van der Waals surface area contributed by atoms with Crippen molar-refractivity contribution in [3.05, 3.63) is 83.3 Å². The fourth-order valence-electron chi connectivity index (χ4n) is 3.53. The van der Waals surface area contributed by atoms with Crippen LogP contribution in [-0.4, -0.2) is 27.6 Å². The molecule has 0 unspecified atom stereocenters. The first-order valence-electron chi connectivity index (χ1n) is 9.70. The Hall–Kier alpha value is -3.72. The molecule has 4 aromatic rings. The van der Waals surface area contributed by atoms with E-state index < -0.39 is 17.6 Å². The molecule has 0 atom stereocenters. The Balaban J connectivity index is 1.78. The molecule has 0 spiro atoms. The minimum absolute atomic E-state index is 0.112. The number of ether oxygens (including phenoxy) is 1. The predicted octanol–water partition coefficient (Wildman–Crippen LogP) is 5.12. The highest BCUT2D eigenvalue weighted by molar-refractivity contribution is 6.05. The van der Waals surface area contributed by atoms with Crippen LogP contribution >= 0.6 is 0 Å². The van der Waals surface area contributed by atoms with Crippen LogP contribution in [0.4, 0.5) is 18.9 Å². The molecular formula is C23H19F3N4O2. The Bertz CT molecular complexity index is 1280. The molecule has 0 saturated heterocycles. The van der Waals surface area contributed by atoms with E-state index in [-0.39, 0.29) is 17.9 Å². The maximum Gasteiger partial charge on any atom is 0.418 e. The Morgan fingerprint density at radius 3 is 2.47 bits per heavy atom. The van der Waals surface area contributed by atoms with Crippen LogP contribution in [0.1, 0.15) is 27.3 Å².